The maximum Gasteiger partial charge on any atom is 0.410 e. The Hall–Kier alpha value is -0.810. The van der Waals surface area contributed by atoms with Crippen LogP contribution in [0.2, 0.25) is 0 Å². The van der Waals surface area contributed by atoms with Gasteiger partial charge in [0.1, 0.15) is 11.7 Å². The Morgan fingerprint density at radius 1 is 1.44 bits per heavy atom. The van der Waals surface area contributed by atoms with Crippen LogP contribution in [0.1, 0.15) is 41.5 Å². The van der Waals surface area contributed by atoms with Crippen molar-refractivity contribution >= 4 is 6.09 Å². The Labute approximate surface area is 110 Å². The monoisotopic (exact) mass is 261 g/mol. The van der Waals surface area contributed by atoms with Gasteiger partial charge >= 0.3 is 6.09 Å². The van der Waals surface area contributed by atoms with Gasteiger partial charge in [-0.25, -0.2) is 4.79 Å². The van der Waals surface area contributed by atoms with Crippen molar-refractivity contribution in [3.63, 3.8) is 0 Å². The van der Waals surface area contributed by atoms with Gasteiger partial charge in [0.05, 0.1) is 19.3 Å². The molecule has 0 aromatic rings. The molecular formula is C13H27NO4. The lowest BCUT2D eigenvalue weighted by molar-refractivity contribution is -0.0841. The zero-order valence-electron chi connectivity index (χ0n) is 12.4. The standard InChI is InChI=1S/C11H21NO4.C2H6/c1-8(13)9-7-12(5-6-15-9)10(14)16-11(2,3)4;1-2/h8-9,13H,5-7H2,1-4H3;1-2H3. The fourth-order valence-electron chi connectivity index (χ4n) is 1.46. The summed E-state index contributed by atoms with van der Waals surface area (Å²) in [5, 5.41) is 9.41. The van der Waals surface area contributed by atoms with E-state index in [4.69, 9.17) is 9.47 Å². The van der Waals surface area contributed by atoms with Gasteiger partial charge in [0.15, 0.2) is 0 Å². The first-order valence-electron chi connectivity index (χ1n) is 6.57. The van der Waals surface area contributed by atoms with Crippen LogP contribution in [0.15, 0.2) is 0 Å². The molecule has 2 atom stereocenters. The topological polar surface area (TPSA) is 59.0 Å². The number of morpholine rings is 1. The van der Waals surface area contributed by atoms with Crippen molar-refractivity contribution in [1.29, 1.82) is 0 Å². The smallest absolute Gasteiger partial charge is 0.410 e. The lowest BCUT2D eigenvalue weighted by atomic mass is 10.2. The van der Waals surface area contributed by atoms with E-state index in [0.717, 1.165) is 0 Å². The van der Waals surface area contributed by atoms with E-state index in [1.54, 1.807) is 11.8 Å². The van der Waals surface area contributed by atoms with Gasteiger partial charge in [0.2, 0.25) is 0 Å². The van der Waals surface area contributed by atoms with Gasteiger partial charge in [-0.05, 0) is 27.7 Å². The zero-order chi connectivity index (χ0) is 14.3. The van der Waals surface area contributed by atoms with Crippen LogP contribution >= 0.6 is 0 Å². The minimum atomic E-state index is -0.578. The molecule has 1 N–H and O–H groups in total. The third-order valence-electron chi connectivity index (χ3n) is 2.28. The van der Waals surface area contributed by atoms with Gasteiger partial charge < -0.3 is 19.5 Å². The summed E-state index contributed by atoms with van der Waals surface area (Å²) in [4.78, 5) is 13.3. The number of carbonyl (C=O) groups excluding carboxylic acids is 1. The molecule has 0 bridgehead atoms. The van der Waals surface area contributed by atoms with Crippen LogP contribution in [-0.4, -0.2) is 53.6 Å². The molecule has 1 amide bonds. The normalized spacial score (nSPS) is 21.7. The second kappa shape index (κ2) is 7.59. The molecule has 0 aliphatic carbocycles. The highest BCUT2D eigenvalue weighted by atomic mass is 16.6. The minimum Gasteiger partial charge on any atom is -0.444 e. The summed E-state index contributed by atoms with van der Waals surface area (Å²) >= 11 is 0. The van der Waals surface area contributed by atoms with E-state index in [9.17, 15) is 9.90 Å². The maximum absolute atomic E-state index is 11.7. The minimum absolute atomic E-state index is 0.318. The zero-order valence-corrected chi connectivity index (χ0v) is 12.4. The van der Waals surface area contributed by atoms with E-state index < -0.39 is 11.7 Å². The molecule has 0 aromatic heterocycles. The number of carbonyl (C=O) groups is 1. The molecule has 1 aliphatic rings. The van der Waals surface area contributed by atoms with E-state index in [1.165, 1.54) is 0 Å². The van der Waals surface area contributed by atoms with Crippen molar-refractivity contribution in [3.05, 3.63) is 0 Å². The van der Waals surface area contributed by atoms with Gasteiger partial charge in [0, 0.05) is 6.54 Å². The van der Waals surface area contributed by atoms with Gasteiger partial charge in [-0.1, -0.05) is 13.8 Å². The molecule has 18 heavy (non-hydrogen) atoms. The second-order valence-corrected chi connectivity index (χ2v) is 5.08. The second-order valence-electron chi connectivity index (χ2n) is 5.08. The molecule has 108 valence electrons. The van der Waals surface area contributed by atoms with Crippen LogP contribution < -0.4 is 0 Å². The number of hydrogen-bond acceptors (Lipinski definition) is 4. The van der Waals surface area contributed by atoms with Crippen LogP contribution in [0, 0.1) is 0 Å². The fourth-order valence-corrected chi connectivity index (χ4v) is 1.46. The molecule has 2 unspecified atom stereocenters. The molecule has 1 fully saturated rings. The van der Waals surface area contributed by atoms with Crippen molar-refractivity contribution in [2.45, 2.75) is 59.4 Å². The lowest BCUT2D eigenvalue weighted by Crippen LogP contribution is -2.50. The van der Waals surface area contributed by atoms with Crippen LogP contribution in [-0.2, 0) is 9.47 Å². The van der Waals surface area contributed by atoms with Crippen LogP contribution in [0.4, 0.5) is 4.79 Å². The third-order valence-corrected chi connectivity index (χ3v) is 2.28. The number of rotatable bonds is 1. The van der Waals surface area contributed by atoms with Gasteiger partial charge in [-0.3, -0.25) is 0 Å². The predicted octanol–water partition coefficient (Wildman–Crippen LogP) is 2.03. The average Bonchev–Trinajstić information content (AvgIpc) is 2.29. The van der Waals surface area contributed by atoms with Crippen LogP contribution in [0.25, 0.3) is 0 Å². The highest BCUT2D eigenvalue weighted by Crippen LogP contribution is 2.14. The van der Waals surface area contributed by atoms with Crippen molar-refractivity contribution in [2.24, 2.45) is 0 Å². The average molecular weight is 261 g/mol. The first kappa shape index (κ1) is 17.2. The molecule has 1 heterocycles. The molecule has 5 heteroatoms. The number of hydrogen-bond donors (Lipinski definition) is 1. The predicted molar refractivity (Wildman–Crippen MR) is 70.6 cm³/mol. The lowest BCUT2D eigenvalue weighted by Gasteiger charge is -2.35. The summed E-state index contributed by atoms with van der Waals surface area (Å²) in [5.41, 5.74) is -0.490. The quantitative estimate of drug-likeness (QED) is 0.784. The molecule has 1 saturated heterocycles. The van der Waals surface area contributed by atoms with Gasteiger partial charge in [-0.2, -0.15) is 0 Å². The Morgan fingerprint density at radius 3 is 2.44 bits per heavy atom. The van der Waals surface area contributed by atoms with E-state index in [1.807, 2.05) is 34.6 Å². The Morgan fingerprint density at radius 2 is 2.00 bits per heavy atom. The first-order valence-corrected chi connectivity index (χ1v) is 6.57. The maximum atomic E-state index is 11.7. The van der Waals surface area contributed by atoms with E-state index in [2.05, 4.69) is 0 Å². The number of amides is 1. The molecule has 0 radical (unpaired) electrons. The van der Waals surface area contributed by atoms with Gasteiger partial charge in [0.25, 0.3) is 0 Å². The van der Waals surface area contributed by atoms with Crippen molar-refractivity contribution in [2.75, 3.05) is 19.7 Å². The SMILES string of the molecule is CC.CC(O)C1CN(C(=O)OC(C)(C)C)CCO1. The number of ether oxygens (including phenoxy) is 2. The Bertz CT molecular complexity index is 248. The highest BCUT2D eigenvalue weighted by Gasteiger charge is 2.29. The molecule has 0 saturated carbocycles. The van der Waals surface area contributed by atoms with E-state index >= 15 is 0 Å². The fraction of sp³-hybridized carbons (Fsp3) is 0.923. The first-order chi connectivity index (χ1) is 8.29. The van der Waals surface area contributed by atoms with Crippen molar-refractivity contribution < 1.29 is 19.4 Å². The van der Waals surface area contributed by atoms with E-state index in [0.29, 0.717) is 19.7 Å². The van der Waals surface area contributed by atoms with Crippen molar-refractivity contribution in [1.82, 2.24) is 4.90 Å². The summed E-state index contributed by atoms with van der Waals surface area (Å²) < 4.78 is 10.6. The summed E-state index contributed by atoms with van der Waals surface area (Å²) in [7, 11) is 0. The Kier molecular flexibility index (Phi) is 7.25. The third kappa shape index (κ3) is 6.21. The number of nitrogens with zero attached hydrogens (tertiary/aromatic N) is 1. The molecule has 5 nitrogen and oxygen atoms in total. The summed E-state index contributed by atoms with van der Waals surface area (Å²) in [6.07, 6.45) is -1.24. The number of aliphatic hydroxyl groups is 1. The molecular weight excluding hydrogens is 234 g/mol. The highest BCUT2D eigenvalue weighted by molar-refractivity contribution is 5.68. The molecule has 0 spiro atoms. The summed E-state index contributed by atoms with van der Waals surface area (Å²) in [6, 6.07) is 0. The van der Waals surface area contributed by atoms with E-state index in [-0.39, 0.29) is 12.2 Å². The largest absolute Gasteiger partial charge is 0.444 e. The summed E-state index contributed by atoms with van der Waals surface area (Å²) in [6.45, 7) is 12.5. The molecule has 1 aliphatic heterocycles. The summed E-state index contributed by atoms with van der Waals surface area (Å²) in [5.74, 6) is 0. The van der Waals surface area contributed by atoms with Crippen LogP contribution in [0.3, 0.4) is 0 Å². The van der Waals surface area contributed by atoms with Gasteiger partial charge in [-0.15, -0.1) is 0 Å². The van der Waals surface area contributed by atoms with Crippen molar-refractivity contribution in [3.8, 4) is 0 Å². The van der Waals surface area contributed by atoms with Crippen LogP contribution in [0.5, 0.6) is 0 Å². The molecule has 1 rings (SSSR count). The number of aliphatic hydroxyl groups excluding tert-OH is 1. The molecule has 0 aromatic carbocycles. The Balaban J connectivity index is 0.00000137.